The Morgan fingerprint density at radius 1 is 1.37 bits per heavy atom. The molecule has 1 amide bonds. The van der Waals surface area contributed by atoms with Crippen LogP contribution in [-0.2, 0) is 11.2 Å². The number of aryl methyl sites for hydroxylation is 2. The number of nitrogens with zero attached hydrogens (tertiary/aromatic N) is 1. The van der Waals surface area contributed by atoms with E-state index in [0.29, 0.717) is 22.2 Å². The molecule has 0 spiro atoms. The fraction of sp³-hybridized carbons (Fsp3) is 0.231. The Hall–Kier alpha value is -1.10. The van der Waals surface area contributed by atoms with Gasteiger partial charge in [0.2, 0.25) is 5.91 Å². The van der Waals surface area contributed by atoms with Crippen LogP contribution in [0, 0.1) is 13.8 Å². The molecule has 0 radical (unpaired) electrons. The smallest absolute Gasteiger partial charge is 0.229 e. The quantitative estimate of drug-likeness (QED) is 0.920. The predicted octanol–water partition coefficient (Wildman–Crippen LogP) is 4.25. The summed E-state index contributed by atoms with van der Waals surface area (Å²) >= 11 is 13.4. The standard InChI is InChI=1S/C13H12Cl2N2OS/c1-7-11(19-8(2)16-7)6-12(18)17-10-5-3-4-9(14)13(10)15/h3-5H,6H2,1-2H3,(H,17,18). The summed E-state index contributed by atoms with van der Waals surface area (Å²) in [5.74, 6) is -0.129. The van der Waals surface area contributed by atoms with Gasteiger partial charge in [-0.1, -0.05) is 29.3 Å². The zero-order valence-corrected chi connectivity index (χ0v) is 12.8. The molecule has 1 N–H and O–H groups in total. The van der Waals surface area contributed by atoms with Crippen molar-refractivity contribution in [3.63, 3.8) is 0 Å². The van der Waals surface area contributed by atoms with Crippen molar-refractivity contribution < 1.29 is 4.79 Å². The van der Waals surface area contributed by atoms with Gasteiger partial charge in [0, 0.05) is 4.88 Å². The monoisotopic (exact) mass is 314 g/mol. The number of rotatable bonds is 3. The number of aromatic nitrogens is 1. The zero-order chi connectivity index (χ0) is 14.0. The molecule has 0 unspecified atom stereocenters. The maximum Gasteiger partial charge on any atom is 0.229 e. The maximum atomic E-state index is 12.0. The fourth-order valence-electron chi connectivity index (χ4n) is 1.68. The van der Waals surface area contributed by atoms with Crippen LogP contribution in [0.1, 0.15) is 15.6 Å². The molecule has 1 aromatic carbocycles. The highest BCUT2D eigenvalue weighted by Gasteiger charge is 2.12. The average molecular weight is 315 g/mol. The van der Waals surface area contributed by atoms with Crippen LogP contribution in [0.25, 0.3) is 0 Å². The number of carbonyl (C=O) groups excluding carboxylic acids is 1. The second-order valence-electron chi connectivity index (χ2n) is 4.07. The molecule has 0 saturated carbocycles. The van der Waals surface area contributed by atoms with E-state index in [0.717, 1.165) is 15.6 Å². The molecule has 19 heavy (non-hydrogen) atoms. The lowest BCUT2D eigenvalue weighted by Crippen LogP contribution is -2.14. The Morgan fingerprint density at radius 2 is 2.11 bits per heavy atom. The Bertz CT molecular complexity index is 625. The lowest BCUT2D eigenvalue weighted by Gasteiger charge is -2.07. The Morgan fingerprint density at radius 3 is 2.74 bits per heavy atom. The lowest BCUT2D eigenvalue weighted by molar-refractivity contribution is -0.115. The second kappa shape index (κ2) is 5.90. The summed E-state index contributed by atoms with van der Waals surface area (Å²) in [5, 5.41) is 4.50. The van der Waals surface area contributed by atoms with Crippen LogP contribution in [-0.4, -0.2) is 10.9 Å². The van der Waals surface area contributed by atoms with Crippen LogP contribution >= 0.6 is 34.5 Å². The van der Waals surface area contributed by atoms with Gasteiger partial charge in [0.1, 0.15) is 0 Å². The van der Waals surface area contributed by atoms with Gasteiger partial charge in [-0.2, -0.15) is 0 Å². The van der Waals surface area contributed by atoms with Crippen molar-refractivity contribution in [2.24, 2.45) is 0 Å². The van der Waals surface area contributed by atoms with Crippen molar-refractivity contribution in [1.82, 2.24) is 4.98 Å². The third kappa shape index (κ3) is 3.47. The Labute approximate surface area is 125 Å². The number of nitrogens with one attached hydrogen (secondary N) is 1. The molecule has 2 rings (SSSR count). The molecule has 1 aromatic heterocycles. The molecule has 2 aromatic rings. The van der Waals surface area contributed by atoms with E-state index in [4.69, 9.17) is 23.2 Å². The van der Waals surface area contributed by atoms with Gasteiger partial charge in [0.05, 0.1) is 32.9 Å². The zero-order valence-electron chi connectivity index (χ0n) is 10.5. The first kappa shape index (κ1) is 14.3. The topological polar surface area (TPSA) is 42.0 Å². The van der Waals surface area contributed by atoms with Crippen LogP contribution in [0.4, 0.5) is 5.69 Å². The van der Waals surface area contributed by atoms with Gasteiger partial charge in [-0.3, -0.25) is 4.79 Å². The average Bonchev–Trinajstić information content (AvgIpc) is 2.64. The molecular weight excluding hydrogens is 303 g/mol. The third-order valence-electron chi connectivity index (χ3n) is 2.55. The molecule has 0 atom stereocenters. The van der Waals surface area contributed by atoms with Crippen molar-refractivity contribution in [2.45, 2.75) is 20.3 Å². The minimum absolute atomic E-state index is 0.129. The summed E-state index contributed by atoms with van der Waals surface area (Å²) in [4.78, 5) is 17.2. The molecule has 0 bridgehead atoms. The molecule has 6 heteroatoms. The highest BCUT2D eigenvalue weighted by Crippen LogP contribution is 2.29. The molecule has 1 heterocycles. The molecular formula is C13H12Cl2N2OS. The minimum Gasteiger partial charge on any atom is -0.324 e. The molecule has 0 saturated heterocycles. The summed E-state index contributed by atoms with van der Waals surface area (Å²) in [6.07, 6.45) is 0.292. The summed E-state index contributed by atoms with van der Waals surface area (Å²) in [6, 6.07) is 5.14. The van der Waals surface area contributed by atoms with E-state index in [1.54, 1.807) is 18.2 Å². The van der Waals surface area contributed by atoms with Crippen molar-refractivity contribution in [2.75, 3.05) is 5.32 Å². The number of thiazole rings is 1. The lowest BCUT2D eigenvalue weighted by atomic mass is 10.2. The SMILES string of the molecule is Cc1nc(C)c(CC(=O)Nc2cccc(Cl)c2Cl)s1. The summed E-state index contributed by atoms with van der Waals surface area (Å²) < 4.78 is 0. The minimum atomic E-state index is -0.129. The van der Waals surface area contributed by atoms with Crippen LogP contribution in [0.3, 0.4) is 0 Å². The second-order valence-corrected chi connectivity index (χ2v) is 6.14. The van der Waals surface area contributed by atoms with E-state index in [-0.39, 0.29) is 5.91 Å². The van der Waals surface area contributed by atoms with Crippen LogP contribution in [0.5, 0.6) is 0 Å². The van der Waals surface area contributed by atoms with Gasteiger partial charge in [0.15, 0.2) is 0 Å². The van der Waals surface area contributed by atoms with Gasteiger partial charge in [-0.05, 0) is 26.0 Å². The van der Waals surface area contributed by atoms with E-state index in [1.807, 2.05) is 13.8 Å². The number of hydrogen-bond donors (Lipinski definition) is 1. The van der Waals surface area contributed by atoms with E-state index < -0.39 is 0 Å². The Balaban J connectivity index is 2.10. The first-order chi connectivity index (χ1) is 8.97. The molecule has 100 valence electrons. The third-order valence-corrected chi connectivity index (χ3v) is 4.44. The maximum absolute atomic E-state index is 12.0. The summed E-state index contributed by atoms with van der Waals surface area (Å²) in [7, 11) is 0. The van der Waals surface area contributed by atoms with Gasteiger partial charge >= 0.3 is 0 Å². The molecule has 0 aliphatic rings. The van der Waals surface area contributed by atoms with Gasteiger partial charge in [-0.25, -0.2) is 4.98 Å². The van der Waals surface area contributed by atoms with Crippen molar-refractivity contribution >= 4 is 46.1 Å². The largest absolute Gasteiger partial charge is 0.324 e. The first-order valence-corrected chi connectivity index (χ1v) is 7.21. The molecule has 0 aliphatic heterocycles. The number of anilines is 1. The van der Waals surface area contributed by atoms with Crippen molar-refractivity contribution in [1.29, 1.82) is 0 Å². The predicted molar refractivity (Wildman–Crippen MR) is 80.4 cm³/mol. The fourth-order valence-corrected chi connectivity index (χ4v) is 2.96. The normalized spacial score (nSPS) is 10.5. The number of carbonyl (C=O) groups is 1. The van der Waals surface area contributed by atoms with E-state index >= 15 is 0 Å². The van der Waals surface area contributed by atoms with Gasteiger partial charge in [-0.15, -0.1) is 11.3 Å². The first-order valence-electron chi connectivity index (χ1n) is 5.64. The molecule has 0 fully saturated rings. The van der Waals surface area contributed by atoms with Crippen LogP contribution in [0.2, 0.25) is 10.0 Å². The van der Waals surface area contributed by atoms with Gasteiger partial charge < -0.3 is 5.32 Å². The highest BCUT2D eigenvalue weighted by molar-refractivity contribution is 7.11. The molecule has 3 nitrogen and oxygen atoms in total. The van der Waals surface area contributed by atoms with E-state index in [9.17, 15) is 4.79 Å². The van der Waals surface area contributed by atoms with E-state index in [2.05, 4.69) is 10.3 Å². The van der Waals surface area contributed by atoms with Crippen LogP contribution < -0.4 is 5.32 Å². The van der Waals surface area contributed by atoms with E-state index in [1.165, 1.54) is 11.3 Å². The number of amides is 1. The number of benzene rings is 1. The highest BCUT2D eigenvalue weighted by atomic mass is 35.5. The van der Waals surface area contributed by atoms with Crippen molar-refractivity contribution in [3.8, 4) is 0 Å². The van der Waals surface area contributed by atoms with Gasteiger partial charge in [0.25, 0.3) is 0 Å². The Kier molecular flexibility index (Phi) is 4.45. The number of halogens is 2. The summed E-state index contributed by atoms with van der Waals surface area (Å²) in [6.45, 7) is 3.82. The number of hydrogen-bond acceptors (Lipinski definition) is 3. The van der Waals surface area contributed by atoms with Crippen LogP contribution in [0.15, 0.2) is 18.2 Å². The molecule has 0 aliphatic carbocycles. The van der Waals surface area contributed by atoms with Crippen molar-refractivity contribution in [3.05, 3.63) is 43.8 Å². The summed E-state index contributed by atoms with van der Waals surface area (Å²) in [5.41, 5.74) is 1.42.